The summed E-state index contributed by atoms with van der Waals surface area (Å²) in [6, 6.07) is 10.1. The minimum absolute atomic E-state index is 0.101. The largest absolute Gasteiger partial charge is 0.493 e. The lowest BCUT2D eigenvalue weighted by molar-refractivity contribution is 0.0949. The Kier molecular flexibility index (Phi) is 9.81. The van der Waals surface area contributed by atoms with Gasteiger partial charge in [0.05, 0.1) is 30.8 Å². The number of amides is 3. The highest BCUT2D eigenvalue weighted by Crippen LogP contribution is 2.28. The van der Waals surface area contributed by atoms with Crippen molar-refractivity contribution < 1.29 is 19.1 Å². The molecular formula is C25H28Cl2N4O4S. The van der Waals surface area contributed by atoms with Crippen LogP contribution in [0.2, 0.25) is 10.0 Å². The quantitative estimate of drug-likeness (QED) is 0.328. The molecule has 11 heteroatoms. The minimum atomic E-state index is -0.306. The highest BCUT2D eigenvalue weighted by molar-refractivity contribution is 7.09. The molecule has 3 amide bonds. The lowest BCUT2D eigenvalue weighted by Crippen LogP contribution is -2.39. The Labute approximate surface area is 224 Å². The molecule has 2 N–H and O–H groups in total. The Morgan fingerprint density at radius 3 is 2.47 bits per heavy atom. The monoisotopic (exact) mass is 550 g/mol. The van der Waals surface area contributed by atoms with Crippen LogP contribution in [0.4, 0.5) is 10.5 Å². The van der Waals surface area contributed by atoms with Crippen molar-refractivity contribution in [2.75, 3.05) is 26.1 Å². The number of carbonyl (C=O) groups excluding carboxylic acids is 2. The first-order valence-electron chi connectivity index (χ1n) is 11.2. The molecule has 0 atom stereocenters. The fourth-order valence-electron chi connectivity index (χ4n) is 3.34. The molecule has 0 aliphatic heterocycles. The molecule has 1 heterocycles. The van der Waals surface area contributed by atoms with Crippen LogP contribution < -0.4 is 20.1 Å². The third kappa shape index (κ3) is 7.25. The van der Waals surface area contributed by atoms with E-state index in [9.17, 15) is 9.59 Å². The zero-order valence-electron chi connectivity index (χ0n) is 20.4. The van der Waals surface area contributed by atoms with E-state index in [0.717, 1.165) is 5.56 Å². The summed E-state index contributed by atoms with van der Waals surface area (Å²) >= 11 is 13.3. The Balaban J connectivity index is 1.56. The van der Waals surface area contributed by atoms with Gasteiger partial charge in [0.25, 0.3) is 5.91 Å². The van der Waals surface area contributed by atoms with Gasteiger partial charge in [-0.3, -0.25) is 4.79 Å². The molecule has 3 rings (SSSR count). The van der Waals surface area contributed by atoms with Crippen molar-refractivity contribution in [1.29, 1.82) is 0 Å². The Morgan fingerprint density at radius 2 is 1.81 bits per heavy atom. The van der Waals surface area contributed by atoms with Gasteiger partial charge in [-0.15, -0.1) is 11.3 Å². The fourth-order valence-corrected chi connectivity index (χ4v) is 4.41. The number of thiazole rings is 1. The third-order valence-electron chi connectivity index (χ3n) is 5.29. The number of aromatic nitrogens is 1. The van der Waals surface area contributed by atoms with Crippen molar-refractivity contribution in [3.05, 3.63) is 68.1 Å². The third-order valence-corrected chi connectivity index (χ3v) is 6.86. The second-order valence-corrected chi connectivity index (χ2v) is 9.86. The van der Waals surface area contributed by atoms with Crippen LogP contribution in [0.25, 0.3) is 0 Å². The van der Waals surface area contributed by atoms with Crippen LogP contribution in [0.3, 0.4) is 0 Å². The van der Waals surface area contributed by atoms with Crippen molar-refractivity contribution in [2.24, 2.45) is 0 Å². The lowest BCUT2D eigenvalue weighted by Gasteiger charge is -2.26. The number of anilines is 1. The number of hydrogen-bond acceptors (Lipinski definition) is 6. The van der Waals surface area contributed by atoms with E-state index in [1.54, 1.807) is 42.7 Å². The van der Waals surface area contributed by atoms with Crippen LogP contribution >= 0.6 is 34.5 Å². The molecule has 36 heavy (non-hydrogen) atoms. The maximum absolute atomic E-state index is 12.9. The van der Waals surface area contributed by atoms with Crippen molar-refractivity contribution in [3.8, 4) is 11.5 Å². The second-order valence-electron chi connectivity index (χ2n) is 8.10. The highest BCUT2D eigenvalue weighted by atomic mass is 35.5. The molecule has 0 unspecified atom stereocenters. The number of carbonyl (C=O) groups is 2. The predicted octanol–water partition coefficient (Wildman–Crippen LogP) is 5.88. The van der Waals surface area contributed by atoms with E-state index in [2.05, 4.69) is 15.6 Å². The Morgan fingerprint density at radius 1 is 1.06 bits per heavy atom. The van der Waals surface area contributed by atoms with E-state index in [1.807, 2.05) is 32.0 Å². The number of hydrogen-bond donors (Lipinski definition) is 2. The number of halogens is 2. The molecule has 0 bridgehead atoms. The van der Waals surface area contributed by atoms with Crippen molar-refractivity contribution in [1.82, 2.24) is 15.2 Å². The lowest BCUT2D eigenvalue weighted by atomic mass is 10.1. The molecule has 1 aromatic heterocycles. The van der Waals surface area contributed by atoms with Gasteiger partial charge in [0.15, 0.2) is 11.5 Å². The number of ether oxygens (including phenoxy) is 2. The average Bonchev–Trinajstić information content (AvgIpc) is 3.33. The predicted molar refractivity (Wildman–Crippen MR) is 144 cm³/mol. The molecule has 8 nitrogen and oxygen atoms in total. The van der Waals surface area contributed by atoms with Crippen LogP contribution in [-0.4, -0.2) is 48.6 Å². The van der Waals surface area contributed by atoms with Gasteiger partial charge in [-0.2, -0.15) is 0 Å². The normalized spacial score (nSPS) is 10.8. The number of nitrogens with zero attached hydrogens (tertiary/aromatic N) is 2. The molecule has 192 valence electrons. The summed E-state index contributed by atoms with van der Waals surface area (Å²) in [5.41, 5.74) is 1.86. The maximum atomic E-state index is 12.9. The smallest absolute Gasteiger partial charge is 0.322 e. The van der Waals surface area contributed by atoms with Crippen molar-refractivity contribution >= 4 is 52.2 Å². The topological polar surface area (TPSA) is 92.8 Å². The van der Waals surface area contributed by atoms with Crippen LogP contribution in [0, 0.1) is 0 Å². The molecule has 0 fully saturated rings. The van der Waals surface area contributed by atoms with Gasteiger partial charge in [-0.1, -0.05) is 29.3 Å². The first kappa shape index (κ1) is 27.6. The van der Waals surface area contributed by atoms with E-state index in [4.69, 9.17) is 32.7 Å². The van der Waals surface area contributed by atoms with E-state index in [1.165, 1.54) is 11.3 Å². The SMILES string of the molecule is COc1ccc(CCNC(=O)c2csc(CN(C(=O)Nc3ccc(Cl)c(Cl)c3)C(C)C)n2)cc1OC. The molecule has 0 radical (unpaired) electrons. The van der Waals surface area contributed by atoms with Crippen molar-refractivity contribution in [2.45, 2.75) is 32.9 Å². The molecule has 0 aliphatic carbocycles. The first-order valence-corrected chi connectivity index (χ1v) is 12.8. The summed E-state index contributed by atoms with van der Waals surface area (Å²) < 4.78 is 10.6. The zero-order chi connectivity index (χ0) is 26.2. The second kappa shape index (κ2) is 12.8. The summed E-state index contributed by atoms with van der Waals surface area (Å²) in [6.45, 7) is 4.51. The number of methoxy groups -OCH3 is 2. The van der Waals surface area contributed by atoms with Gasteiger partial charge in [0, 0.05) is 23.7 Å². The summed E-state index contributed by atoms with van der Waals surface area (Å²) in [4.78, 5) is 31.5. The van der Waals surface area contributed by atoms with Gasteiger partial charge in [-0.05, 0) is 56.2 Å². The zero-order valence-corrected chi connectivity index (χ0v) is 22.8. The fraction of sp³-hybridized carbons (Fsp3) is 0.320. The van der Waals surface area contributed by atoms with E-state index in [0.29, 0.717) is 50.9 Å². The summed E-state index contributed by atoms with van der Waals surface area (Å²) in [6.07, 6.45) is 0.624. The standard InChI is InChI=1S/C25H28Cl2N4O4S/c1-15(2)31(25(33)29-17-6-7-18(26)19(27)12-17)13-23-30-20(14-36-23)24(32)28-10-9-16-5-8-21(34-3)22(11-16)35-4/h5-8,11-12,14-15H,9-10,13H2,1-4H3,(H,28,32)(H,29,33). The molecule has 0 saturated carbocycles. The molecule has 0 spiro atoms. The molecule has 0 saturated heterocycles. The van der Waals surface area contributed by atoms with Crippen LogP contribution in [-0.2, 0) is 13.0 Å². The average molecular weight is 551 g/mol. The van der Waals surface area contributed by atoms with Gasteiger partial charge >= 0.3 is 6.03 Å². The van der Waals surface area contributed by atoms with E-state index in [-0.39, 0.29) is 24.5 Å². The van der Waals surface area contributed by atoms with Crippen LogP contribution in [0.5, 0.6) is 11.5 Å². The summed E-state index contributed by atoms with van der Waals surface area (Å²) in [5.74, 6) is 1.03. The molecule has 2 aromatic carbocycles. The maximum Gasteiger partial charge on any atom is 0.322 e. The van der Waals surface area contributed by atoms with E-state index < -0.39 is 0 Å². The number of rotatable bonds is 10. The van der Waals surface area contributed by atoms with Crippen LogP contribution in [0.1, 0.15) is 34.9 Å². The number of benzene rings is 2. The van der Waals surface area contributed by atoms with E-state index >= 15 is 0 Å². The van der Waals surface area contributed by atoms with Gasteiger partial charge in [0.2, 0.25) is 0 Å². The van der Waals surface area contributed by atoms with Gasteiger partial charge < -0.3 is 25.0 Å². The van der Waals surface area contributed by atoms with Gasteiger partial charge in [-0.25, -0.2) is 9.78 Å². The Bertz CT molecular complexity index is 1220. The first-order chi connectivity index (χ1) is 17.2. The van der Waals surface area contributed by atoms with Crippen molar-refractivity contribution in [3.63, 3.8) is 0 Å². The number of nitrogens with one attached hydrogen (secondary N) is 2. The summed E-state index contributed by atoms with van der Waals surface area (Å²) in [7, 11) is 3.17. The molecule has 0 aliphatic rings. The Hall–Kier alpha value is -3.01. The number of urea groups is 1. The highest BCUT2D eigenvalue weighted by Gasteiger charge is 2.20. The molecular weight excluding hydrogens is 523 g/mol. The van der Waals surface area contributed by atoms with Crippen LogP contribution in [0.15, 0.2) is 41.8 Å². The van der Waals surface area contributed by atoms with Gasteiger partial charge in [0.1, 0.15) is 10.7 Å². The summed E-state index contributed by atoms with van der Waals surface area (Å²) in [5, 5.41) is 8.82. The molecule has 3 aromatic rings. The minimum Gasteiger partial charge on any atom is -0.493 e.